The average molecular weight is 505 g/mol. The van der Waals surface area contributed by atoms with Crippen LogP contribution in [-0.4, -0.2) is 41.1 Å². The number of amides is 2. The summed E-state index contributed by atoms with van der Waals surface area (Å²) in [7, 11) is -4.05. The molecule has 0 aliphatic carbocycles. The van der Waals surface area contributed by atoms with Crippen molar-refractivity contribution in [1.82, 2.24) is 5.32 Å². The van der Waals surface area contributed by atoms with Gasteiger partial charge in [-0.3, -0.25) is 14.2 Å². The van der Waals surface area contributed by atoms with Crippen molar-refractivity contribution in [3.8, 4) is 11.1 Å². The van der Waals surface area contributed by atoms with Gasteiger partial charge in [-0.2, -0.15) is 0 Å². The number of nitrogens with two attached hydrogens (primary N) is 1. The van der Waals surface area contributed by atoms with E-state index < -0.39 is 55.4 Å². The first-order valence-electron chi connectivity index (χ1n) is 11.3. The van der Waals surface area contributed by atoms with Crippen LogP contribution in [0.4, 0.5) is 4.79 Å². The van der Waals surface area contributed by atoms with E-state index in [-0.39, 0.29) is 6.42 Å². The highest BCUT2D eigenvalue weighted by atomic mass is 31.2. The fourth-order valence-electron chi connectivity index (χ4n) is 3.26. The minimum Gasteiger partial charge on any atom is -0.425 e. The predicted octanol–water partition coefficient (Wildman–Crippen LogP) is 3.89. The first-order chi connectivity index (χ1) is 16.4. The molecule has 9 nitrogen and oxygen atoms in total. The summed E-state index contributed by atoms with van der Waals surface area (Å²) in [4.78, 5) is 46.3. The lowest BCUT2D eigenvalue weighted by molar-refractivity contribution is -0.168. The maximum atomic E-state index is 12.9. The van der Waals surface area contributed by atoms with Crippen LogP contribution >= 0.6 is 7.37 Å². The number of carbonyl (C=O) groups excluding carboxylic acids is 3. The van der Waals surface area contributed by atoms with Crippen LogP contribution in [0.3, 0.4) is 0 Å². The third kappa shape index (κ3) is 8.85. The van der Waals surface area contributed by atoms with Gasteiger partial charge in [0.2, 0.25) is 19.6 Å². The molecule has 0 bridgehead atoms. The molecule has 4 N–H and O–H groups in total. The second-order valence-electron chi connectivity index (χ2n) is 8.69. The molecule has 2 aromatic carbocycles. The molecule has 0 heterocycles. The molecule has 4 atom stereocenters. The Morgan fingerprint density at radius 2 is 1.51 bits per heavy atom. The monoisotopic (exact) mass is 504 g/mol. The minimum atomic E-state index is -4.05. The van der Waals surface area contributed by atoms with Crippen molar-refractivity contribution in [3.63, 3.8) is 0 Å². The van der Waals surface area contributed by atoms with Crippen molar-refractivity contribution >= 4 is 25.3 Å². The zero-order valence-corrected chi connectivity index (χ0v) is 21.2. The number of ether oxygens (including phenoxy) is 2. The normalized spacial score (nSPS) is 15.4. The van der Waals surface area contributed by atoms with Gasteiger partial charge in [-0.05, 0) is 30.0 Å². The number of rotatable bonds is 11. The van der Waals surface area contributed by atoms with Crippen molar-refractivity contribution in [1.29, 1.82) is 0 Å². The molecule has 0 spiro atoms. The van der Waals surface area contributed by atoms with E-state index in [0.717, 1.165) is 16.7 Å². The van der Waals surface area contributed by atoms with Crippen LogP contribution in [0.2, 0.25) is 0 Å². The van der Waals surface area contributed by atoms with Gasteiger partial charge in [0.1, 0.15) is 5.78 Å². The van der Waals surface area contributed by atoms with E-state index in [1.165, 1.54) is 13.8 Å². The quantitative estimate of drug-likeness (QED) is 0.239. The molecule has 190 valence electrons. The second kappa shape index (κ2) is 12.5. The lowest BCUT2D eigenvalue weighted by Crippen LogP contribution is -2.38. The van der Waals surface area contributed by atoms with Gasteiger partial charge in [0.25, 0.3) is 0 Å². The molecule has 0 saturated carbocycles. The molecular weight excluding hydrogens is 471 g/mol. The van der Waals surface area contributed by atoms with Crippen LogP contribution in [0.25, 0.3) is 11.1 Å². The molecule has 0 aliphatic rings. The van der Waals surface area contributed by atoms with Gasteiger partial charge in [0, 0.05) is 13.1 Å². The molecule has 0 aliphatic heterocycles. The molecule has 2 amide bonds. The number of nitrogens with one attached hydrogen (secondary N) is 1. The van der Waals surface area contributed by atoms with Crippen molar-refractivity contribution < 1.29 is 33.3 Å². The summed E-state index contributed by atoms with van der Waals surface area (Å²) in [6.45, 7) is 5.95. The Morgan fingerprint density at radius 1 is 0.943 bits per heavy atom. The van der Waals surface area contributed by atoms with Gasteiger partial charge in [0.15, 0.2) is 0 Å². The Kier molecular flexibility index (Phi) is 10.0. The maximum absolute atomic E-state index is 12.9. The highest BCUT2D eigenvalue weighted by Crippen LogP contribution is 2.47. The largest absolute Gasteiger partial charge is 0.425 e. The first kappa shape index (κ1) is 28.1. The SMILES string of the molecule is CC(OC(=O)NC(C)P(=O)(O)C[C@@H](Cc1ccc(-c2ccccc2)cc1)C(N)=O)OC(=O)C(C)C. The van der Waals surface area contributed by atoms with Crippen molar-refractivity contribution in [2.75, 3.05) is 6.16 Å². The van der Waals surface area contributed by atoms with Gasteiger partial charge in [-0.1, -0.05) is 68.4 Å². The van der Waals surface area contributed by atoms with Crippen LogP contribution in [-0.2, 0) is 30.0 Å². The van der Waals surface area contributed by atoms with Gasteiger partial charge < -0.3 is 25.4 Å². The van der Waals surface area contributed by atoms with Crippen LogP contribution in [0.5, 0.6) is 0 Å². The summed E-state index contributed by atoms with van der Waals surface area (Å²) in [5, 5.41) is 2.27. The van der Waals surface area contributed by atoms with Gasteiger partial charge >= 0.3 is 12.1 Å². The zero-order chi connectivity index (χ0) is 26.2. The van der Waals surface area contributed by atoms with Crippen LogP contribution in [0.1, 0.15) is 33.3 Å². The number of hydrogen-bond donors (Lipinski definition) is 3. The van der Waals surface area contributed by atoms with Crippen molar-refractivity contribution in [3.05, 3.63) is 60.2 Å². The number of esters is 1. The molecule has 10 heteroatoms. The van der Waals surface area contributed by atoms with E-state index >= 15 is 0 Å². The number of primary amides is 1. The van der Waals surface area contributed by atoms with E-state index in [1.54, 1.807) is 13.8 Å². The zero-order valence-electron chi connectivity index (χ0n) is 20.3. The van der Waals surface area contributed by atoms with E-state index in [1.807, 2.05) is 54.6 Å². The smallest absolute Gasteiger partial charge is 0.410 e. The van der Waals surface area contributed by atoms with E-state index in [2.05, 4.69) is 5.32 Å². The fraction of sp³-hybridized carbons (Fsp3) is 0.400. The fourth-order valence-corrected chi connectivity index (χ4v) is 4.82. The molecule has 3 unspecified atom stereocenters. The standard InChI is InChI=1S/C25H33N2O7P/c1-16(2)24(29)33-18(4)34-25(30)27-17(3)35(31,32)15-22(23(26)28)14-19-10-12-21(13-11-19)20-8-6-5-7-9-20/h5-13,16-18,22H,14-15H2,1-4H3,(H2,26,28)(H,27,30)(H,31,32)/t17?,18?,22-/m1/s1. The molecule has 2 rings (SSSR count). The highest BCUT2D eigenvalue weighted by Gasteiger charge is 2.34. The van der Waals surface area contributed by atoms with Crippen molar-refractivity contribution in [2.24, 2.45) is 17.6 Å². The van der Waals surface area contributed by atoms with Crippen LogP contribution < -0.4 is 11.1 Å². The Balaban J connectivity index is 1.98. The predicted molar refractivity (Wildman–Crippen MR) is 132 cm³/mol. The Labute approximate surface area is 205 Å². The summed E-state index contributed by atoms with van der Waals surface area (Å²) in [6, 6.07) is 17.3. The molecule has 35 heavy (non-hydrogen) atoms. The molecule has 2 aromatic rings. The summed E-state index contributed by atoms with van der Waals surface area (Å²) in [5.74, 6) is -3.80. The Morgan fingerprint density at radius 3 is 2.06 bits per heavy atom. The third-order valence-electron chi connectivity index (χ3n) is 5.39. The topological polar surface area (TPSA) is 145 Å². The molecule has 0 radical (unpaired) electrons. The van der Waals surface area contributed by atoms with E-state index in [0.29, 0.717) is 0 Å². The van der Waals surface area contributed by atoms with Crippen molar-refractivity contribution in [2.45, 2.75) is 46.2 Å². The van der Waals surface area contributed by atoms with E-state index in [9.17, 15) is 23.8 Å². The number of carbonyl (C=O) groups is 3. The molecule has 0 aromatic heterocycles. The van der Waals surface area contributed by atoms with Crippen LogP contribution in [0, 0.1) is 11.8 Å². The Hall–Kier alpha value is -3.16. The number of hydrogen-bond acceptors (Lipinski definition) is 6. The summed E-state index contributed by atoms with van der Waals surface area (Å²) in [6.07, 6.45) is -2.44. The van der Waals surface area contributed by atoms with Gasteiger partial charge in [-0.25, -0.2) is 4.79 Å². The van der Waals surface area contributed by atoms with Gasteiger partial charge in [0.05, 0.1) is 11.8 Å². The highest BCUT2D eigenvalue weighted by molar-refractivity contribution is 7.58. The Bertz CT molecular complexity index is 1060. The molecular formula is C25H33N2O7P. The summed E-state index contributed by atoms with van der Waals surface area (Å²) < 4.78 is 22.8. The average Bonchev–Trinajstić information content (AvgIpc) is 2.79. The third-order valence-corrected chi connectivity index (χ3v) is 7.69. The number of benzene rings is 2. The lowest BCUT2D eigenvalue weighted by Gasteiger charge is -2.24. The number of alkyl carbamates (subject to hydrolysis) is 1. The van der Waals surface area contributed by atoms with E-state index in [4.69, 9.17) is 15.2 Å². The second-order valence-corrected chi connectivity index (χ2v) is 11.3. The first-order valence-corrected chi connectivity index (χ1v) is 13.2. The maximum Gasteiger partial charge on any atom is 0.410 e. The lowest BCUT2D eigenvalue weighted by atomic mass is 9.98. The van der Waals surface area contributed by atoms with Crippen LogP contribution in [0.15, 0.2) is 54.6 Å². The minimum absolute atomic E-state index is 0.175. The summed E-state index contributed by atoms with van der Waals surface area (Å²) >= 11 is 0. The summed E-state index contributed by atoms with van der Waals surface area (Å²) in [5.41, 5.74) is 8.35. The van der Waals surface area contributed by atoms with Gasteiger partial charge in [-0.15, -0.1) is 0 Å². The molecule has 0 saturated heterocycles. The molecule has 0 fully saturated rings.